The van der Waals surface area contributed by atoms with Gasteiger partial charge in [-0.2, -0.15) is 4.31 Å². The van der Waals surface area contributed by atoms with E-state index >= 15 is 0 Å². The first-order valence-electron chi connectivity index (χ1n) is 6.75. The molecular weight excluding hydrogens is 274 g/mol. The third kappa shape index (κ3) is 5.43. The maximum atomic E-state index is 11.8. The lowest BCUT2D eigenvalue weighted by Crippen LogP contribution is -2.31. The normalized spacial score (nSPS) is 12.1. The summed E-state index contributed by atoms with van der Waals surface area (Å²) in [5, 5.41) is 0. The maximum absolute atomic E-state index is 11.8. The summed E-state index contributed by atoms with van der Waals surface area (Å²) in [5.74, 6) is 0.433. The summed E-state index contributed by atoms with van der Waals surface area (Å²) in [6, 6.07) is 7.13. The highest BCUT2D eigenvalue weighted by Crippen LogP contribution is 2.13. The van der Waals surface area contributed by atoms with E-state index in [1.165, 1.54) is 17.5 Å². The fourth-order valence-corrected chi connectivity index (χ4v) is 2.68. The largest absolute Gasteiger partial charge is 0.295 e. The van der Waals surface area contributed by atoms with Crippen LogP contribution in [0.5, 0.6) is 0 Å². The van der Waals surface area contributed by atoms with E-state index in [0.717, 1.165) is 12.0 Å². The van der Waals surface area contributed by atoms with Crippen molar-refractivity contribution in [3.05, 3.63) is 35.4 Å². The van der Waals surface area contributed by atoms with Crippen LogP contribution in [0.2, 0.25) is 0 Å². The van der Waals surface area contributed by atoms with Crippen molar-refractivity contribution < 1.29 is 13.2 Å². The Morgan fingerprint density at radius 3 is 2.45 bits per heavy atom. The van der Waals surface area contributed by atoms with Gasteiger partial charge < -0.3 is 0 Å². The van der Waals surface area contributed by atoms with Crippen molar-refractivity contribution >= 4 is 15.8 Å². The Bertz CT molecular complexity index is 564. The van der Waals surface area contributed by atoms with Crippen LogP contribution in [0.3, 0.4) is 0 Å². The standard InChI is InChI=1S/C15H23NO3S/c1-12(2)8-9-16(20(4,18)19)11-14-6-5-7-15(10-14)13(3)17/h5-7,10,12H,8-9,11H2,1-4H3. The lowest BCUT2D eigenvalue weighted by Gasteiger charge is -2.21. The van der Waals surface area contributed by atoms with Crippen molar-refractivity contribution in [1.82, 2.24) is 4.31 Å². The van der Waals surface area contributed by atoms with Gasteiger partial charge in [0.25, 0.3) is 0 Å². The number of sulfonamides is 1. The van der Waals surface area contributed by atoms with Crippen LogP contribution in [-0.4, -0.2) is 31.3 Å². The average Bonchev–Trinajstić information content (AvgIpc) is 2.33. The van der Waals surface area contributed by atoms with E-state index in [9.17, 15) is 13.2 Å². The van der Waals surface area contributed by atoms with E-state index in [0.29, 0.717) is 24.6 Å². The fraction of sp³-hybridized carbons (Fsp3) is 0.533. The van der Waals surface area contributed by atoms with Gasteiger partial charge in [-0.25, -0.2) is 8.42 Å². The lowest BCUT2D eigenvalue weighted by molar-refractivity contribution is 0.101. The Balaban J connectivity index is 2.89. The summed E-state index contributed by atoms with van der Waals surface area (Å²) in [5.41, 5.74) is 1.45. The zero-order valence-corrected chi connectivity index (χ0v) is 13.4. The van der Waals surface area contributed by atoms with Gasteiger partial charge in [-0.05, 0) is 30.9 Å². The molecule has 0 bridgehead atoms. The van der Waals surface area contributed by atoms with Gasteiger partial charge in [-0.15, -0.1) is 0 Å². The molecule has 1 rings (SSSR count). The van der Waals surface area contributed by atoms with Crippen molar-refractivity contribution in [2.75, 3.05) is 12.8 Å². The van der Waals surface area contributed by atoms with E-state index in [1.54, 1.807) is 18.2 Å². The highest BCUT2D eigenvalue weighted by molar-refractivity contribution is 7.88. The van der Waals surface area contributed by atoms with Gasteiger partial charge in [-0.3, -0.25) is 4.79 Å². The monoisotopic (exact) mass is 297 g/mol. The van der Waals surface area contributed by atoms with Gasteiger partial charge in [0.2, 0.25) is 10.0 Å². The second-order valence-corrected chi connectivity index (χ2v) is 7.52. The van der Waals surface area contributed by atoms with Gasteiger partial charge in [0.1, 0.15) is 0 Å². The van der Waals surface area contributed by atoms with E-state index in [4.69, 9.17) is 0 Å². The van der Waals surface area contributed by atoms with Crippen molar-refractivity contribution in [2.45, 2.75) is 33.7 Å². The van der Waals surface area contributed by atoms with Gasteiger partial charge in [0.05, 0.1) is 6.26 Å². The number of hydrogen-bond acceptors (Lipinski definition) is 3. The summed E-state index contributed by atoms with van der Waals surface area (Å²) in [4.78, 5) is 11.4. The first-order valence-corrected chi connectivity index (χ1v) is 8.60. The number of rotatable bonds is 7. The topological polar surface area (TPSA) is 54.5 Å². The first kappa shape index (κ1) is 16.9. The molecule has 0 fully saturated rings. The van der Waals surface area contributed by atoms with Crippen LogP contribution in [-0.2, 0) is 16.6 Å². The predicted octanol–water partition coefficient (Wildman–Crippen LogP) is 2.70. The number of benzene rings is 1. The number of hydrogen-bond donors (Lipinski definition) is 0. The van der Waals surface area contributed by atoms with Crippen LogP contribution in [0.4, 0.5) is 0 Å². The summed E-state index contributed by atoms with van der Waals surface area (Å²) in [7, 11) is -3.24. The number of carbonyl (C=O) groups excluding carboxylic acids is 1. The summed E-state index contributed by atoms with van der Waals surface area (Å²) in [6.45, 7) is 6.45. The van der Waals surface area contributed by atoms with Crippen LogP contribution in [0.15, 0.2) is 24.3 Å². The minimum atomic E-state index is -3.24. The van der Waals surface area contributed by atoms with Crippen molar-refractivity contribution in [1.29, 1.82) is 0 Å². The van der Waals surface area contributed by atoms with E-state index in [-0.39, 0.29) is 5.78 Å². The number of ketones is 1. The average molecular weight is 297 g/mol. The number of Topliss-reactive ketones (excluding diaryl/α,β-unsaturated/α-hetero) is 1. The minimum absolute atomic E-state index is 0.0139. The molecule has 0 aliphatic heterocycles. The van der Waals surface area contributed by atoms with Crippen LogP contribution in [0.1, 0.15) is 43.1 Å². The molecule has 0 aromatic heterocycles. The zero-order valence-electron chi connectivity index (χ0n) is 12.6. The lowest BCUT2D eigenvalue weighted by atomic mass is 10.1. The minimum Gasteiger partial charge on any atom is -0.295 e. The van der Waals surface area contributed by atoms with Crippen LogP contribution >= 0.6 is 0 Å². The fourth-order valence-electron chi connectivity index (χ4n) is 1.86. The predicted molar refractivity (Wildman–Crippen MR) is 81.2 cm³/mol. The SMILES string of the molecule is CC(=O)c1cccc(CN(CCC(C)C)S(C)(=O)=O)c1. The zero-order chi connectivity index (χ0) is 15.3. The summed E-state index contributed by atoms with van der Waals surface area (Å²) >= 11 is 0. The molecule has 0 spiro atoms. The van der Waals surface area contributed by atoms with Crippen LogP contribution in [0, 0.1) is 5.92 Å². The molecule has 0 unspecified atom stereocenters. The second kappa shape index (κ2) is 6.99. The van der Waals surface area contributed by atoms with Gasteiger partial charge in [-0.1, -0.05) is 32.0 Å². The molecule has 1 aromatic carbocycles. The molecule has 0 saturated heterocycles. The molecular formula is C15H23NO3S. The molecule has 0 amide bonds. The van der Waals surface area contributed by atoms with Gasteiger partial charge in [0.15, 0.2) is 5.78 Å². The van der Waals surface area contributed by atoms with E-state index in [1.807, 2.05) is 6.07 Å². The molecule has 0 aliphatic carbocycles. The van der Waals surface area contributed by atoms with Gasteiger partial charge in [0, 0.05) is 18.7 Å². The first-order chi connectivity index (χ1) is 9.20. The highest BCUT2D eigenvalue weighted by Gasteiger charge is 2.17. The van der Waals surface area contributed by atoms with E-state index in [2.05, 4.69) is 13.8 Å². The quantitative estimate of drug-likeness (QED) is 0.727. The molecule has 0 heterocycles. The van der Waals surface area contributed by atoms with Crippen molar-refractivity contribution in [2.24, 2.45) is 5.92 Å². The second-order valence-electron chi connectivity index (χ2n) is 5.54. The molecule has 112 valence electrons. The summed E-state index contributed by atoms with van der Waals surface area (Å²) in [6.07, 6.45) is 2.04. The van der Waals surface area contributed by atoms with Crippen LogP contribution in [0.25, 0.3) is 0 Å². The Hall–Kier alpha value is -1.20. The van der Waals surface area contributed by atoms with Crippen LogP contribution < -0.4 is 0 Å². The third-order valence-corrected chi connectivity index (χ3v) is 4.37. The van der Waals surface area contributed by atoms with Crippen molar-refractivity contribution in [3.8, 4) is 0 Å². The van der Waals surface area contributed by atoms with E-state index < -0.39 is 10.0 Å². The van der Waals surface area contributed by atoms with Gasteiger partial charge >= 0.3 is 0 Å². The molecule has 0 radical (unpaired) electrons. The molecule has 0 saturated carbocycles. The number of carbonyl (C=O) groups is 1. The summed E-state index contributed by atoms with van der Waals surface area (Å²) < 4.78 is 25.1. The Morgan fingerprint density at radius 1 is 1.30 bits per heavy atom. The Morgan fingerprint density at radius 2 is 1.95 bits per heavy atom. The Labute approximate surface area is 121 Å². The molecule has 4 nitrogen and oxygen atoms in total. The third-order valence-electron chi connectivity index (χ3n) is 3.12. The van der Waals surface area contributed by atoms with Crippen molar-refractivity contribution in [3.63, 3.8) is 0 Å². The molecule has 20 heavy (non-hydrogen) atoms. The highest BCUT2D eigenvalue weighted by atomic mass is 32.2. The molecule has 0 N–H and O–H groups in total. The molecule has 0 aliphatic rings. The maximum Gasteiger partial charge on any atom is 0.211 e. The molecule has 0 atom stereocenters. The number of nitrogens with zero attached hydrogens (tertiary/aromatic N) is 1. The Kier molecular flexibility index (Phi) is 5.89. The molecule has 5 heteroatoms. The smallest absolute Gasteiger partial charge is 0.211 e. The molecule has 1 aromatic rings.